The maximum Gasteiger partial charge on any atom is 0.430 e. The quantitative estimate of drug-likeness (QED) is 0.669. The number of hydrogen-bond acceptors (Lipinski definition) is 3. The molecule has 0 unspecified atom stereocenters. The highest BCUT2D eigenvalue weighted by Crippen LogP contribution is 2.50. The highest BCUT2D eigenvalue weighted by Gasteiger charge is 2.71. The van der Waals surface area contributed by atoms with Crippen LogP contribution in [0.3, 0.4) is 0 Å². The Bertz CT molecular complexity index is 840. The van der Waals surface area contributed by atoms with Gasteiger partial charge in [-0.1, -0.05) is 55.5 Å². The van der Waals surface area contributed by atoms with Crippen molar-refractivity contribution in [3.05, 3.63) is 59.7 Å². The van der Waals surface area contributed by atoms with Gasteiger partial charge in [-0.05, 0) is 23.2 Å². The van der Waals surface area contributed by atoms with Crippen molar-refractivity contribution in [3.8, 4) is 11.1 Å². The second-order valence-corrected chi connectivity index (χ2v) is 7.69. The summed E-state index contributed by atoms with van der Waals surface area (Å²) in [5.41, 5.74) is -3.98. The van der Waals surface area contributed by atoms with Gasteiger partial charge in [0, 0.05) is 38.3 Å². The molecule has 0 aromatic heterocycles. The first-order chi connectivity index (χ1) is 14.5. The van der Waals surface area contributed by atoms with Gasteiger partial charge in [0.2, 0.25) is 0 Å². The number of hydrogen-bond donors (Lipinski definition) is 1. The molecule has 2 aromatic carbocycles. The molecule has 1 aliphatic rings. The van der Waals surface area contributed by atoms with Crippen LogP contribution in [0.5, 0.6) is 0 Å². The second-order valence-electron chi connectivity index (χ2n) is 7.69. The van der Waals surface area contributed by atoms with Crippen LogP contribution in [0.15, 0.2) is 48.5 Å². The van der Waals surface area contributed by atoms with Crippen LogP contribution in [0.2, 0.25) is 0 Å². The van der Waals surface area contributed by atoms with Crippen LogP contribution in [0.1, 0.15) is 18.1 Å². The summed E-state index contributed by atoms with van der Waals surface area (Å²) in [6.07, 6.45) is -11.8. The molecule has 0 radical (unpaired) electrons. The van der Waals surface area contributed by atoms with E-state index >= 15 is 0 Å². The first-order valence-electron chi connectivity index (χ1n) is 9.96. The number of likely N-dealkylation sites (N-methyl/N-ethyl adjacent to an activating group) is 1. The molecule has 0 spiro atoms. The lowest BCUT2D eigenvalue weighted by atomic mass is 9.90. The number of rotatable bonds is 5. The molecule has 0 atom stereocenters. The summed E-state index contributed by atoms with van der Waals surface area (Å²) in [7, 11) is 0. The molecule has 1 aliphatic heterocycles. The number of piperazine rings is 1. The van der Waals surface area contributed by atoms with E-state index in [1.165, 1.54) is 0 Å². The summed E-state index contributed by atoms with van der Waals surface area (Å²) < 4.78 is 78.1. The SMILES string of the molecule is CCN1CCN(Cc2ccc(-c3ccc(C(O)(C(F)(F)F)C(F)(F)F)cc3)cc2)CC1. The summed E-state index contributed by atoms with van der Waals surface area (Å²) in [5.74, 6) is 0. The lowest BCUT2D eigenvalue weighted by molar-refractivity contribution is -0.376. The molecule has 1 N–H and O–H groups in total. The van der Waals surface area contributed by atoms with E-state index in [2.05, 4.69) is 16.7 Å². The number of nitrogens with zero attached hydrogens (tertiary/aromatic N) is 2. The average molecular weight is 446 g/mol. The Labute approximate surface area is 176 Å². The molecule has 9 heteroatoms. The fraction of sp³-hybridized carbons (Fsp3) is 0.455. The van der Waals surface area contributed by atoms with Crippen LogP contribution < -0.4 is 0 Å². The largest absolute Gasteiger partial charge is 0.430 e. The van der Waals surface area contributed by atoms with Crippen LogP contribution in [0, 0.1) is 0 Å². The molecule has 2 aromatic rings. The van der Waals surface area contributed by atoms with E-state index in [-0.39, 0.29) is 0 Å². The molecule has 1 saturated heterocycles. The Kier molecular flexibility index (Phi) is 6.69. The van der Waals surface area contributed by atoms with E-state index in [9.17, 15) is 31.4 Å². The van der Waals surface area contributed by atoms with Gasteiger partial charge in [-0.3, -0.25) is 4.90 Å². The molecule has 3 rings (SSSR count). The third kappa shape index (κ3) is 4.88. The van der Waals surface area contributed by atoms with Crippen molar-refractivity contribution in [1.29, 1.82) is 0 Å². The second kappa shape index (κ2) is 8.80. The summed E-state index contributed by atoms with van der Waals surface area (Å²) >= 11 is 0. The maximum absolute atomic E-state index is 13.0. The van der Waals surface area contributed by atoms with Crippen molar-refractivity contribution in [2.45, 2.75) is 31.4 Å². The normalized spacial score (nSPS) is 17.2. The Morgan fingerprint density at radius 2 is 1.13 bits per heavy atom. The van der Waals surface area contributed by atoms with Gasteiger partial charge in [0.25, 0.3) is 5.60 Å². The summed E-state index contributed by atoms with van der Waals surface area (Å²) in [4.78, 5) is 4.72. The van der Waals surface area contributed by atoms with E-state index in [0.717, 1.165) is 57.0 Å². The number of halogens is 6. The number of alkyl halides is 6. The Morgan fingerprint density at radius 1 is 0.710 bits per heavy atom. The predicted molar refractivity (Wildman–Crippen MR) is 105 cm³/mol. The lowest BCUT2D eigenvalue weighted by Gasteiger charge is -2.34. The van der Waals surface area contributed by atoms with Crippen LogP contribution in [0.4, 0.5) is 26.3 Å². The van der Waals surface area contributed by atoms with Gasteiger partial charge in [-0.25, -0.2) is 0 Å². The van der Waals surface area contributed by atoms with Gasteiger partial charge in [0.05, 0.1) is 0 Å². The monoisotopic (exact) mass is 446 g/mol. The van der Waals surface area contributed by atoms with Gasteiger partial charge < -0.3 is 10.0 Å². The van der Waals surface area contributed by atoms with Gasteiger partial charge in [-0.15, -0.1) is 0 Å². The van der Waals surface area contributed by atoms with Crippen molar-refractivity contribution >= 4 is 0 Å². The third-order valence-corrected chi connectivity index (χ3v) is 5.73. The zero-order chi connectivity index (χ0) is 22.9. The van der Waals surface area contributed by atoms with Gasteiger partial charge in [-0.2, -0.15) is 26.3 Å². The van der Waals surface area contributed by atoms with E-state index in [4.69, 9.17) is 0 Å². The Hall–Kier alpha value is -2.10. The minimum absolute atomic E-state index is 0.457. The van der Waals surface area contributed by atoms with Crippen LogP contribution >= 0.6 is 0 Å². The van der Waals surface area contributed by atoms with Gasteiger partial charge in [0.1, 0.15) is 0 Å². The van der Waals surface area contributed by atoms with E-state index < -0.39 is 23.5 Å². The van der Waals surface area contributed by atoms with Crippen molar-refractivity contribution in [2.75, 3.05) is 32.7 Å². The third-order valence-electron chi connectivity index (χ3n) is 5.73. The lowest BCUT2D eigenvalue weighted by Crippen LogP contribution is -2.53. The Balaban J connectivity index is 1.73. The maximum atomic E-state index is 13.0. The van der Waals surface area contributed by atoms with Crippen LogP contribution in [-0.4, -0.2) is 60.0 Å². The Morgan fingerprint density at radius 3 is 1.55 bits per heavy atom. The molecular weight excluding hydrogens is 422 g/mol. The molecule has 1 fully saturated rings. The fourth-order valence-electron chi connectivity index (χ4n) is 3.72. The smallest absolute Gasteiger partial charge is 0.369 e. The minimum Gasteiger partial charge on any atom is -0.369 e. The summed E-state index contributed by atoms with van der Waals surface area (Å²) in [6.45, 7) is 7.92. The summed E-state index contributed by atoms with van der Waals surface area (Å²) in [5, 5.41) is 9.48. The minimum atomic E-state index is -5.89. The van der Waals surface area contributed by atoms with E-state index in [1.54, 1.807) is 12.1 Å². The standard InChI is InChI=1S/C22H24F6N2O/c1-2-29-11-13-30(14-12-29)15-16-3-5-17(6-4-16)18-7-9-19(10-8-18)20(31,21(23,24)25)22(26,27)28/h3-10,31H,2,11-15H2,1H3. The zero-order valence-electron chi connectivity index (χ0n) is 17.0. The topological polar surface area (TPSA) is 26.7 Å². The van der Waals surface area contributed by atoms with Crippen molar-refractivity contribution in [1.82, 2.24) is 9.80 Å². The van der Waals surface area contributed by atoms with Crippen molar-refractivity contribution in [3.63, 3.8) is 0 Å². The van der Waals surface area contributed by atoms with Crippen LogP contribution in [-0.2, 0) is 12.1 Å². The first kappa shape index (κ1) is 23.6. The summed E-state index contributed by atoms with van der Waals surface area (Å²) in [6, 6.07) is 11.0. The fourth-order valence-corrected chi connectivity index (χ4v) is 3.72. The van der Waals surface area contributed by atoms with Crippen molar-refractivity contribution < 1.29 is 31.4 Å². The van der Waals surface area contributed by atoms with Gasteiger partial charge >= 0.3 is 12.4 Å². The zero-order valence-corrected chi connectivity index (χ0v) is 17.0. The predicted octanol–water partition coefficient (Wildman–Crippen LogP) is 4.80. The molecular formula is C22H24F6N2O. The molecule has 0 aliphatic carbocycles. The van der Waals surface area contributed by atoms with E-state index in [0.29, 0.717) is 23.3 Å². The highest BCUT2D eigenvalue weighted by atomic mass is 19.4. The highest BCUT2D eigenvalue weighted by molar-refractivity contribution is 5.64. The molecule has 0 saturated carbocycles. The van der Waals surface area contributed by atoms with Gasteiger partial charge in [0.15, 0.2) is 0 Å². The molecule has 0 amide bonds. The molecule has 1 heterocycles. The van der Waals surface area contributed by atoms with E-state index in [1.807, 2.05) is 12.1 Å². The molecule has 0 bridgehead atoms. The molecule has 31 heavy (non-hydrogen) atoms. The first-order valence-corrected chi connectivity index (χ1v) is 9.96. The number of benzene rings is 2. The van der Waals surface area contributed by atoms with Crippen molar-refractivity contribution in [2.24, 2.45) is 0 Å². The van der Waals surface area contributed by atoms with Crippen LogP contribution in [0.25, 0.3) is 11.1 Å². The molecule has 3 nitrogen and oxygen atoms in total. The number of aliphatic hydroxyl groups is 1. The average Bonchev–Trinajstić information content (AvgIpc) is 2.73. The molecule has 170 valence electrons.